The molecule has 100 valence electrons. The number of anilines is 2. The number of carboxylic acids is 1. The lowest BCUT2D eigenvalue weighted by Gasteiger charge is -2.15. The second-order valence-electron chi connectivity index (χ2n) is 3.94. The summed E-state index contributed by atoms with van der Waals surface area (Å²) < 4.78 is 0. The first-order valence-corrected chi connectivity index (χ1v) is 5.85. The number of benzene rings is 1. The highest BCUT2D eigenvalue weighted by Gasteiger charge is 2.18. The van der Waals surface area contributed by atoms with Gasteiger partial charge in [0.1, 0.15) is 11.9 Å². The van der Waals surface area contributed by atoms with Crippen molar-refractivity contribution in [3.05, 3.63) is 29.4 Å². The molecule has 1 aromatic heterocycles. The van der Waals surface area contributed by atoms with Crippen molar-refractivity contribution < 1.29 is 15.0 Å². The highest BCUT2D eigenvalue weighted by atomic mass is 35.5. The summed E-state index contributed by atoms with van der Waals surface area (Å²) in [5.74, 6) is -0.905. The van der Waals surface area contributed by atoms with E-state index in [2.05, 4.69) is 10.3 Å². The van der Waals surface area contributed by atoms with Crippen molar-refractivity contribution in [2.24, 2.45) is 0 Å². The molecule has 6 nitrogen and oxygen atoms in total. The zero-order chi connectivity index (χ0) is 14.0. The molecule has 0 radical (unpaired) electrons. The van der Waals surface area contributed by atoms with E-state index >= 15 is 0 Å². The average molecular weight is 282 g/mol. The van der Waals surface area contributed by atoms with Gasteiger partial charge in [-0.25, -0.2) is 9.78 Å². The van der Waals surface area contributed by atoms with Crippen molar-refractivity contribution in [3.8, 4) is 0 Å². The first-order chi connectivity index (χ1) is 9.04. The molecule has 0 aliphatic rings. The highest BCUT2D eigenvalue weighted by Crippen LogP contribution is 2.32. The summed E-state index contributed by atoms with van der Waals surface area (Å²) in [6.45, 7) is -0.562. The number of aliphatic hydroxyl groups excluding tert-OH is 1. The van der Waals surface area contributed by atoms with E-state index in [-0.39, 0.29) is 5.82 Å². The zero-order valence-electron chi connectivity index (χ0n) is 9.80. The molecular weight excluding hydrogens is 270 g/mol. The fourth-order valence-electron chi connectivity index (χ4n) is 1.74. The lowest BCUT2D eigenvalue weighted by atomic mass is 10.1. The second-order valence-corrected chi connectivity index (χ2v) is 4.34. The van der Waals surface area contributed by atoms with Crippen LogP contribution in [0.1, 0.15) is 0 Å². The Balaban J connectivity index is 2.55. The lowest BCUT2D eigenvalue weighted by Crippen LogP contribution is -2.33. The van der Waals surface area contributed by atoms with Crippen LogP contribution >= 0.6 is 11.6 Å². The van der Waals surface area contributed by atoms with Gasteiger partial charge in [-0.05, 0) is 18.2 Å². The topological polar surface area (TPSA) is 108 Å². The largest absolute Gasteiger partial charge is 0.480 e. The number of aromatic nitrogens is 1. The predicted octanol–water partition coefficient (Wildman–Crippen LogP) is 1.33. The summed E-state index contributed by atoms with van der Waals surface area (Å²) in [6, 6.07) is 3.81. The van der Waals surface area contributed by atoms with Crippen LogP contribution in [0.25, 0.3) is 10.8 Å². The number of fused-ring (bicyclic) bond motifs is 1. The number of aliphatic carboxylic acids is 1. The van der Waals surface area contributed by atoms with Crippen LogP contribution in [0.2, 0.25) is 5.02 Å². The molecule has 2 aromatic rings. The van der Waals surface area contributed by atoms with E-state index < -0.39 is 18.6 Å². The Labute approximate surface area is 113 Å². The Bertz CT molecular complexity index is 633. The van der Waals surface area contributed by atoms with Gasteiger partial charge in [0.25, 0.3) is 0 Å². The van der Waals surface area contributed by atoms with Gasteiger partial charge in [-0.1, -0.05) is 11.6 Å². The molecule has 2 rings (SSSR count). The molecule has 7 heteroatoms. The third-order valence-electron chi connectivity index (χ3n) is 2.70. The Morgan fingerprint density at radius 1 is 1.47 bits per heavy atom. The Hall–Kier alpha value is -2.05. The third-order valence-corrected chi connectivity index (χ3v) is 3.02. The lowest BCUT2D eigenvalue weighted by molar-refractivity contribution is -0.138. The molecule has 0 saturated carbocycles. The maximum Gasteiger partial charge on any atom is 0.328 e. The monoisotopic (exact) mass is 281 g/mol. The van der Waals surface area contributed by atoms with Crippen LogP contribution in [0.5, 0.6) is 0 Å². The van der Waals surface area contributed by atoms with Crippen LogP contribution in [0.15, 0.2) is 24.4 Å². The van der Waals surface area contributed by atoms with Crippen molar-refractivity contribution >= 4 is 39.8 Å². The molecule has 1 atom stereocenters. The Morgan fingerprint density at radius 3 is 2.84 bits per heavy atom. The summed E-state index contributed by atoms with van der Waals surface area (Å²) in [5.41, 5.74) is 6.35. The number of nitrogens with two attached hydrogens (primary N) is 1. The highest BCUT2D eigenvalue weighted by molar-refractivity contribution is 6.37. The van der Waals surface area contributed by atoms with Gasteiger partial charge in [0.15, 0.2) is 0 Å². The van der Waals surface area contributed by atoms with Gasteiger partial charge >= 0.3 is 5.97 Å². The number of aliphatic hydroxyl groups is 1. The van der Waals surface area contributed by atoms with E-state index in [0.717, 1.165) is 0 Å². The number of carbonyl (C=O) groups is 1. The molecule has 1 heterocycles. The van der Waals surface area contributed by atoms with Crippen LogP contribution in [0.4, 0.5) is 11.5 Å². The summed E-state index contributed by atoms with van der Waals surface area (Å²) >= 11 is 6.09. The van der Waals surface area contributed by atoms with Crippen LogP contribution in [0, 0.1) is 0 Å². The van der Waals surface area contributed by atoms with Gasteiger partial charge in [0, 0.05) is 22.7 Å². The zero-order valence-corrected chi connectivity index (χ0v) is 10.6. The quantitative estimate of drug-likeness (QED) is 0.630. The minimum absolute atomic E-state index is 0.274. The minimum atomic E-state index is -1.18. The van der Waals surface area contributed by atoms with E-state index in [1.54, 1.807) is 18.2 Å². The van der Waals surface area contributed by atoms with Crippen molar-refractivity contribution in [1.82, 2.24) is 4.98 Å². The number of nitrogens with zero attached hydrogens (tertiary/aromatic N) is 1. The first-order valence-electron chi connectivity index (χ1n) is 5.47. The molecule has 0 aliphatic heterocycles. The van der Waals surface area contributed by atoms with Gasteiger partial charge in [-0.3, -0.25) is 0 Å². The fourth-order valence-corrected chi connectivity index (χ4v) is 1.99. The average Bonchev–Trinajstić information content (AvgIpc) is 2.40. The van der Waals surface area contributed by atoms with Crippen LogP contribution < -0.4 is 11.1 Å². The molecular formula is C12H12ClN3O3. The molecule has 0 fully saturated rings. The van der Waals surface area contributed by atoms with E-state index in [0.29, 0.717) is 21.5 Å². The number of carboxylic acid groups (broad SMARTS) is 1. The van der Waals surface area contributed by atoms with E-state index in [1.165, 1.54) is 6.20 Å². The minimum Gasteiger partial charge on any atom is -0.480 e. The maximum absolute atomic E-state index is 10.9. The van der Waals surface area contributed by atoms with Crippen LogP contribution in [0.3, 0.4) is 0 Å². The standard InChI is InChI=1S/C12H12ClN3O3/c13-7-1-2-8(14)6-3-4-15-11(10(6)7)16-9(5-17)12(18)19/h1-4,9,17H,5,14H2,(H,15,16)(H,18,19). The number of hydrogen-bond acceptors (Lipinski definition) is 5. The van der Waals surface area contributed by atoms with Gasteiger partial charge < -0.3 is 21.3 Å². The van der Waals surface area contributed by atoms with E-state index in [4.69, 9.17) is 27.5 Å². The summed E-state index contributed by atoms with van der Waals surface area (Å²) in [5, 5.41) is 22.2. The number of nitrogens with one attached hydrogen (secondary N) is 1. The van der Waals surface area contributed by atoms with Crippen molar-refractivity contribution in [2.75, 3.05) is 17.7 Å². The number of pyridine rings is 1. The normalized spacial score (nSPS) is 12.3. The molecule has 0 bridgehead atoms. The summed E-state index contributed by atoms with van der Waals surface area (Å²) in [7, 11) is 0. The van der Waals surface area contributed by atoms with Crippen molar-refractivity contribution in [3.63, 3.8) is 0 Å². The molecule has 0 saturated heterocycles. The fraction of sp³-hybridized carbons (Fsp3) is 0.167. The van der Waals surface area contributed by atoms with E-state index in [1.807, 2.05) is 0 Å². The first kappa shape index (κ1) is 13.4. The summed E-state index contributed by atoms with van der Waals surface area (Å²) in [4.78, 5) is 15.0. The SMILES string of the molecule is Nc1ccc(Cl)c2c(NC(CO)C(=O)O)nccc12. The molecule has 0 aliphatic carbocycles. The van der Waals surface area contributed by atoms with Crippen LogP contribution in [-0.2, 0) is 4.79 Å². The number of halogens is 1. The summed E-state index contributed by atoms with van der Waals surface area (Å²) in [6.07, 6.45) is 1.49. The van der Waals surface area contributed by atoms with Gasteiger partial charge in [0.2, 0.25) is 0 Å². The Morgan fingerprint density at radius 2 is 2.21 bits per heavy atom. The molecule has 19 heavy (non-hydrogen) atoms. The van der Waals surface area contributed by atoms with Gasteiger partial charge in [-0.15, -0.1) is 0 Å². The smallest absolute Gasteiger partial charge is 0.328 e. The molecule has 0 amide bonds. The Kier molecular flexibility index (Phi) is 3.73. The predicted molar refractivity (Wildman–Crippen MR) is 73.3 cm³/mol. The molecule has 1 aromatic carbocycles. The molecule has 5 N–H and O–H groups in total. The molecule has 0 spiro atoms. The number of nitrogen functional groups attached to an aromatic ring is 1. The van der Waals surface area contributed by atoms with Crippen LogP contribution in [-0.4, -0.2) is 33.8 Å². The second kappa shape index (κ2) is 5.29. The van der Waals surface area contributed by atoms with Crippen molar-refractivity contribution in [1.29, 1.82) is 0 Å². The van der Waals surface area contributed by atoms with Gasteiger partial charge in [-0.2, -0.15) is 0 Å². The van der Waals surface area contributed by atoms with Gasteiger partial charge in [0.05, 0.1) is 11.6 Å². The van der Waals surface area contributed by atoms with E-state index in [9.17, 15) is 4.79 Å². The maximum atomic E-state index is 10.9. The number of hydrogen-bond donors (Lipinski definition) is 4. The molecule has 1 unspecified atom stereocenters. The third kappa shape index (κ3) is 2.54. The van der Waals surface area contributed by atoms with Crippen molar-refractivity contribution in [2.45, 2.75) is 6.04 Å². The number of rotatable bonds is 4.